The molecule has 0 saturated heterocycles. The summed E-state index contributed by atoms with van der Waals surface area (Å²) >= 11 is 6.04. The number of carbonyl (C=O) groups excluding carboxylic acids is 2. The van der Waals surface area contributed by atoms with Gasteiger partial charge in [-0.1, -0.05) is 43.6 Å². The first kappa shape index (κ1) is 23.8. The third-order valence-corrected chi connectivity index (χ3v) is 4.75. The Morgan fingerprint density at radius 3 is 2.45 bits per heavy atom. The Balaban J connectivity index is 2.11. The first-order valence-corrected chi connectivity index (χ1v) is 9.83. The topological polar surface area (TPSA) is 117 Å². The van der Waals surface area contributed by atoms with Crippen molar-refractivity contribution in [3.63, 3.8) is 0 Å². The summed E-state index contributed by atoms with van der Waals surface area (Å²) in [4.78, 5) is 37.5. The number of rotatable bonds is 8. The van der Waals surface area contributed by atoms with E-state index in [1.807, 2.05) is 0 Å². The van der Waals surface area contributed by atoms with Gasteiger partial charge in [-0.05, 0) is 24.1 Å². The SMILES string of the molecule is CC(C)C(NC(=O)c1ccccc1Cl)C(=O)N/N=C\c1ccc(N(C)C)c([N+](=O)[O-])c1. The second kappa shape index (κ2) is 10.5. The molecule has 0 aliphatic rings. The normalized spacial score (nSPS) is 11.9. The van der Waals surface area contributed by atoms with Crippen molar-refractivity contribution in [1.82, 2.24) is 10.7 Å². The van der Waals surface area contributed by atoms with Gasteiger partial charge in [0.05, 0.1) is 21.7 Å². The summed E-state index contributed by atoms with van der Waals surface area (Å²) in [5, 5.41) is 18.1. The second-order valence-electron chi connectivity index (χ2n) is 7.31. The number of amides is 2. The average molecular weight is 446 g/mol. The number of hydrazone groups is 1. The average Bonchev–Trinajstić information content (AvgIpc) is 2.71. The summed E-state index contributed by atoms with van der Waals surface area (Å²) in [5.41, 5.74) is 3.45. The number of benzene rings is 2. The lowest BCUT2D eigenvalue weighted by Gasteiger charge is -2.20. The van der Waals surface area contributed by atoms with Gasteiger partial charge in [0.1, 0.15) is 11.7 Å². The third-order valence-electron chi connectivity index (χ3n) is 4.42. The van der Waals surface area contributed by atoms with Crippen LogP contribution in [-0.2, 0) is 4.79 Å². The van der Waals surface area contributed by atoms with Crippen molar-refractivity contribution in [2.24, 2.45) is 11.0 Å². The minimum Gasteiger partial charge on any atom is -0.372 e. The number of nitrogens with zero attached hydrogens (tertiary/aromatic N) is 3. The molecule has 0 bridgehead atoms. The molecule has 0 radical (unpaired) electrons. The minimum atomic E-state index is -0.855. The van der Waals surface area contributed by atoms with E-state index in [1.165, 1.54) is 12.3 Å². The van der Waals surface area contributed by atoms with Crippen LogP contribution >= 0.6 is 11.6 Å². The van der Waals surface area contributed by atoms with E-state index in [0.717, 1.165) is 0 Å². The molecule has 9 nitrogen and oxygen atoms in total. The van der Waals surface area contributed by atoms with Crippen LogP contribution in [0.4, 0.5) is 11.4 Å². The Bertz CT molecular complexity index is 1010. The lowest BCUT2D eigenvalue weighted by Crippen LogP contribution is -2.48. The van der Waals surface area contributed by atoms with E-state index in [4.69, 9.17) is 11.6 Å². The van der Waals surface area contributed by atoms with Crippen LogP contribution in [0.3, 0.4) is 0 Å². The molecule has 31 heavy (non-hydrogen) atoms. The Hall–Kier alpha value is -3.46. The molecule has 164 valence electrons. The van der Waals surface area contributed by atoms with E-state index in [0.29, 0.717) is 11.3 Å². The molecule has 2 aromatic rings. The third kappa shape index (κ3) is 6.26. The number of nitro benzene ring substituents is 1. The largest absolute Gasteiger partial charge is 0.372 e. The van der Waals surface area contributed by atoms with Gasteiger partial charge in [0.15, 0.2) is 0 Å². The highest BCUT2D eigenvalue weighted by atomic mass is 35.5. The van der Waals surface area contributed by atoms with E-state index in [1.54, 1.807) is 69.2 Å². The zero-order valence-corrected chi connectivity index (χ0v) is 18.4. The fraction of sp³-hybridized carbons (Fsp3) is 0.286. The molecule has 0 aromatic heterocycles. The molecule has 1 unspecified atom stereocenters. The smallest absolute Gasteiger partial charge is 0.293 e. The Morgan fingerprint density at radius 2 is 1.87 bits per heavy atom. The van der Waals surface area contributed by atoms with E-state index >= 15 is 0 Å². The monoisotopic (exact) mass is 445 g/mol. The minimum absolute atomic E-state index is 0.0765. The number of nitro groups is 1. The van der Waals surface area contributed by atoms with Crippen molar-refractivity contribution in [3.05, 3.63) is 68.7 Å². The molecule has 0 saturated carbocycles. The number of nitrogens with one attached hydrogen (secondary N) is 2. The summed E-state index contributed by atoms with van der Waals surface area (Å²) in [6.45, 7) is 3.56. The van der Waals surface area contributed by atoms with Crippen molar-refractivity contribution in [2.75, 3.05) is 19.0 Å². The molecule has 2 N–H and O–H groups in total. The Labute approximate surface area is 185 Å². The zero-order valence-electron chi connectivity index (χ0n) is 17.6. The van der Waals surface area contributed by atoms with Gasteiger partial charge >= 0.3 is 0 Å². The first-order chi connectivity index (χ1) is 14.6. The second-order valence-corrected chi connectivity index (χ2v) is 7.72. The summed E-state index contributed by atoms with van der Waals surface area (Å²) in [7, 11) is 3.42. The molecule has 0 fully saturated rings. The molecule has 1 atom stereocenters. The van der Waals surface area contributed by atoms with Crippen LogP contribution in [0.25, 0.3) is 0 Å². The molecule has 2 rings (SSSR count). The predicted octanol–water partition coefficient (Wildman–Crippen LogP) is 3.22. The quantitative estimate of drug-likeness (QED) is 0.367. The highest BCUT2D eigenvalue weighted by Crippen LogP contribution is 2.27. The lowest BCUT2D eigenvalue weighted by molar-refractivity contribution is -0.384. The van der Waals surface area contributed by atoms with Gasteiger partial charge in [-0.25, -0.2) is 5.43 Å². The highest BCUT2D eigenvalue weighted by molar-refractivity contribution is 6.33. The van der Waals surface area contributed by atoms with Crippen LogP contribution < -0.4 is 15.6 Å². The molecule has 0 spiro atoms. The van der Waals surface area contributed by atoms with Crippen LogP contribution in [-0.4, -0.2) is 43.1 Å². The zero-order chi connectivity index (χ0) is 23.1. The maximum atomic E-state index is 12.6. The van der Waals surface area contributed by atoms with Gasteiger partial charge in [-0.3, -0.25) is 19.7 Å². The summed E-state index contributed by atoms with van der Waals surface area (Å²) in [6, 6.07) is 10.3. The number of hydrogen-bond donors (Lipinski definition) is 2. The molecular weight excluding hydrogens is 422 g/mol. The fourth-order valence-electron chi connectivity index (χ4n) is 2.78. The fourth-order valence-corrected chi connectivity index (χ4v) is 3.01. The first-order valence-electron chi connectivity index (χ1n) is 9.46. The van der Waals surface area contributed by atoms with Crippen LogP contribution in [0.15, 0.2) is 47.6 Å². The van der Waals surface area contributed by atoms with E-state index in [-0.39, 0.29) is 22.2 Å². The summed E-state index contributed by atoms with van der Waals surface area (Å²) < 4.78 is 0. The van der Waals surface area contributed by atoms with Crippen LogP contribution in [0.5, 0.6) is 0 Å². The van der Waals surface area contributed by atoms with Gasteiger partial charge in [0, 0.05) is 25.7 Å². The van der Waals surface area contributed by atoms with E-state index in [9.17, 15) is 19.7 Å². The predicted molar refractivity (Wildman–Crippen MR) is 121 cm³/mol. The van der Waals surface area contributed by atoms with Crippen LogP contribution in [0.2, 0.25) is 5.02 Å². The van der Waals surface area contributed by atoms with Crippen molar-refractivity contribution in [3.8, 4) is 0 Å². The highest BCUT2D eigenvalue weighted by Gasteiger charge is 2.25. The molecular formula is C21H24ClN5O4. The van der Waals surface area contributed by atoms with Gasteiger partial charge in [0.2, 0.25) is 0 Å². The number of carbonyl (C=O) groups is 2. The van der Waals surface area contributed by atoms with Crippen LogP contribution in [0.1, 0.15) is 29.8 Å². The molecule has 0 heterocycles. The van der Waals surface area contributed by atoms with Crippen molar-refractivity contribution < 1.29 is 14.5 Å². The number of hydrogen-bond acceptors (Lipinski definition) is 6. The van der Waals surface area contributed by atoms with Gasteiger partial charge in [-0.15, -0.1) is 0 Å². The van der Waals surface area contributed by atoms with Crippen LogP contribution in [0, 0.1) is 16.0 Å². The lowest BCUT2D eigenvalue weighted by atomic mass is 10.0. The van der Waals surface area contributed by atoms with Gasteiger partial charge in [-0.2, -0.15) is 5.10 Å². The van der Waals surface area contributed by atoms with E-state index in [2.05, 4.69) is 15.8 Å². The summed E-state index contributed by atoms with van der Waals surface area (Å²) in [6.07, 6.45) is 1.30. The Kier molecular flexibility index (Phi) is 8.09. The molecule has 2 aromatic carbocycles. The molecule has 2 amide bonds. The molecule has 0 aliphatic carbocycles. The molecule has 10 heteroatoms. The Morgan fingerprint density at radius 1 is 1.19 bits per heavy atom. The molecule has 0 aliphatic heterocycles. The van der Waals surface area contributed by atoms with Crippen molar-refractivity contribution in [1.29, 1.82) is 0 Å². The van der Waals surface area contributed by atoms with Crippen molar-refractivity contribution >= 4 is 41.0 Å². The van der Waals surface area contributed by atoms with Gasteiger partial charge < -0.3 is 10.2 Å². The number of halogens is 1. The van der Waals surface area contributed by atoms with E-state index < -0.39 is 22.8 Å². The summed E-state index contributed by atoms with van der Waals surface area (Å²) in [5.74, 6) is -1.22. The number of anilines is 1. The maximum Gasteiger partial charge on any atom is 0.293 e. The standard InChI is InChI=1S/C21H24ClN5O4/c1-13(2)19(24-20(28)15-7-5-6-8-16(15)22)21(29)25-23-12-14-9-10-17(26(3)4)18(11-14)27(30)31/h5-13,19H,1-4H3,(H,24,28)(H,25,29)/b23-12-. The maximum absolute atomic E-state index is 12.6. The van der Waals surface area contributed by atoms with Crippen molar-refractivity contribution in [2.45, 2.75) is 19.9 Å². The van der Waals surface area contributed by atoms with Gasteiger partial charge in [0.25, 0.3) is 17.5 Å².